The van der Waals surface area contributed by atoms with Crippen LogP contribution in [0.3, 0.4) is 0 Å². The SMILES string of the molecule is C[C@H](CC#CCl)[C@H]1CC[C@H]2[C@@H]3CCC4CCCC[C@]4(C)[C@H]3CC[C@]12C.Cl. The molecule has 0 aromatic heterocycles. The first-order valence-corrected chi connectivity index (χ1v) is 11.5. The Labute approximate surface area is 173 Å². The van der Waals surface area contributed by atoms with E-state index in [2.05, 4.69) is 32.1 Å². The van der Waals surface area contributed by atoms with Crippen molar-refractivity contribution < 1.29 is 0 Å². The normalized spacial score (nSPS) is 48.1. The third-order valence-electron chi connectivity index (χ3n) is 9.83. The maximum Gasteiger partial charge on any atom is 0.0130 e. The largest absolute Gasteiger partial charge is 0.147 e. The van der Waals surface area contributed by atoms with Crippen LogP contribution in [0.15, 0.2) is 0 Å². The molecule has 2 heteroatoms. The second-order valence-electron chi connectivity index (χ2n) is 10.6. The van der Waals surface area contributed by atoms with Gasteiger partial charge in [-0.2, -0.15) is 0 Å². The molecule has 0 nitrogen and oxygen atoms in total. The van der Waals surface area contributed by atoms with E-state index in [1.807, 2.05) is 0 Å². The maximum absolute atomic E-state index is 5.63. The molecule has 4 aliphatic rings. The molecule has 1 unspecified atom stereocenters. The van der Waals surface area contributed by atoms with Gasteiger partial charge in [-0.1, -0.05) is 39.5 Å². The predicted octanol–water partition coefficient (Wildman–Crippen LogP) is 7.68. The summed E-state index contributed by atoms with van der Waals surface area (Å²) in [4.78, 5) is 0. The minimum atomic E-state index is 0. The average Bonchev–Trinajstić information content (AvgIpc) is 2.96. The van der Waals surface area contributed by atoms with Gasteiger partial charge in [0.05, 0.1) is 0 Å². The fourth-order valence-corrected chi connectivity index (χ4v) is 8.69. The average molecular weight is 397 g/mol. The van der Waals surface area contributed by atoms with Crippen molar-refractivity contribution in [2.45, 2.75) is 91.4 Å². The highest BCUT2D eigenvalue weighted by atomic mass is 35.5. The van der Waals surface area contributed by atoms with Gasteiger partial charge in [0.2, 0.25) is 0 Å². The summed E-state index contributed by atoms with van der Waals surface area (Å²) in [6, 6.07) is 0. The van der Waals surface area contributed by atoms with Gasteiger partial charge in [0.15, 0.2) is 0 Å². The minimum Gasteiger partial charge on any atom is -0.147 e. The smallest absolute Gasteiger partial charge is 0.0130 e. The molecule has 0 saturated heterocycles. The minimum absolute atomic E-state index is 0. The molecule has 0 amide bonds. The molecule has 8 atom stereocenters. The van der Waals surface area contributed by atoms with E-state index in [1.165, 1.54) is 64.2 Å². The highest BCUT2D eigenvalue weighted by molar-refractivity contribution is 6.30. The summed E-state index contributed by atoms with van der Waals surface area (Å²) < 4.78 is 0. The Hall–Kier alpha value is 0.140. The van der Waals surface area contributed by atoms with Crippen LogP contribution >= 0.6 is 24.0 Å². The quantitative estimate of drug-likeness (QED) is 0.419. The van der Waals surface area contributed by atoms with Crippen LogP contribution in [0.1, 0.15) is 91.4 Å². The fourth-order valence-electron chi connectivity index (χ4n) is 8.61. The summed E-state index contributed by atoms with van der Waals surface area (Å²) in [7, 11) is 0. The van der Waals surface area contributed by atoms with Crippen LogP contribution in [-0.4, -0.2) is 0 Å². The summed E-state index contributed by atoms with van der Waals surface area (Å²) >= 11 is 5.63. The second-order valence-corrected chi connectivity index (χ2v) is 10.8. The van der Waals surface area contributed by atoms with Crippen molar-refractivity contribution in [3.63, 3.8) is 0 Å². The Morgan fingerprint density at radius 3 is 2.46 bits per heavy atom. The van der Waals surface area contributed by atoms with Crippen LogP contribution in [0, 0.1) is 57.6 Å². The molecule has 4 fully saturated rings. The molecule has 0 heterocycles. The van der Waals surface area contributed by atoms with Gasteiger partial charge in [-0.25, -0.2) is 0 Å². The maximum atomic E-state index is 5.63. The Kier molecular flexibility index (Phi) is 6.32. The van der Waals surface area contributed by atoms with E-state index in [4.69, 9.17) is 11.6 Å². The Morgan fingerprint density at radius 1 is 0.923 bits per heavy atom. The first-order chi connectivity index (χ1) is 12.0. The van der Waals surface area contributed by atoms with Crippen LogP contribution in [0.2, 0.25) is 0 Å². The van der Waals surface area contributed by atoms with Crippen LogP contribution in [0.5, 0.6) is 0 Å². The number of halogens is 2. The number of hydrogen-bond acceptors (Lipinski definition) is 0. The topological polar surface area (TPSA) is 0 Å². The van der Waals surface area contributed by atoms with Gasteiger partial charge >= 0.3 is 0 Å². The van der Waals surface area contributed by atoms with Crippen molar-refractivity contribution in [2.75, 3.05) is 0 Å². The monoisotopic (exact) mass is 396 g/mol. The Bertz CT molecular complexity index is 560. The molecule has 0 aromatic rings. The van der Waals surface area contributed by atoms with Gasteiger partial charge in [-0.3, -0.25) is 0 Å². The second kappa shape index (κ2) is 7.87. The molecule has 26 heavy (non-hydrogen) atoms. The van der Waals surface area contributed by atoms with Crippen molar-refractivity contribution in [3.8, 4) is 11.3 Å². The van der Waals surface area contributed by atoms with Crippen molar-refractivity contribution in [1.29, 1.82) is 0 Å². The third-order valence-corrected chi connectivity index (χ3v) is 9.97. The van der Waals surface area contributed by atoms with Gasteiger partial charge in [0.25, 0.3) is 0 Å². The van der Waals surface area contributed by atoms with Crippen molar-refractivity contribution >= 4 is 24.0 Å². The van der Waals surface area contributed by atoms with Gasteiger partial charge in [-0.05, 0) is 109 Å². The highest BCUT2D eigenvalue weighted by Crippen LogP contribution is 2.68. The molecule has 0 bridgehead atoms. The van der Waals surface area contributed by atoms with Gasteiger partial charge in [0, 0.05) is 11.8 Å². The van der Waals surface area contributed by atoms with Crippen LogP contribution in [0.4, 0.5) is 0 Å². The molecule has 4 aliphatic carbocycles. The van der Waals surface area contributed by atoms with E-state index < -0.39 is 0 Å². The standard InChI is InChI=1S/C24H37Cl.ClH/c1-17(7-6-16-25)20-11-12-21-19-10-9-18-8-4-5-14-23(18,2)22(19)13-15-24(20,21)3;/h17-22H,4-5,7-15H2,1-3H3;1H/t17-,18?,19+,20-,21+,22+,23+,24-;/m1./s1. The van der Waals surface area contributed by atoms with Gasteiger partial charge in [-0.15, -0.1) is 12.4 Å². The molecule has 0 spiro atoms. The molecule has 0 N–H and O–H groups in total. The zero-order chi connectivity index (χ0) is 17.7. The predicted molar refractivity (Wildman–Crippen MR) is 114 cm³/mol. The molecule has 4 rings (SSSR count). The van der Waals surface area contributed by atoms with Crippen molar-refractivity contribution in [2.24, 2.45) is 46.3 Å². The summed E-state index contributed by atoms with van der Waals surface area (Å²) in [5.41, 5.74) is 1.25. The van der Waals surface area contributed by atoms with Gasteiger partial charge < -0.3 is 0 Å². The zero-order valence-corrected chi connectivity index (χ0v) is 18.6. The molecule has 0 aliphatic heterocycles. The summed E-state index contributed by atoms with van der Waals surface area (Å²) in [6.45, 7) is 7.79. The van der Waals surface area contributed by atoms with E-state index in [9.17, 15) is 0 Å². The van der Waals surface area contributed by atoms with E-state index >= 15 is 0 Å². The van der Waals surface area contributed by atoms with Crippen LogP contribution in [-0.2, 0) is 0 Å². The molecular weight excluding hydrogens is 359 g/mol. The van der Waals surface area contributed by atoms with Crippen molar-refractivity contribution in [1.82, 2.24) is 0 Å². The first-order valence-electron chi connectivity index (χ1n) is 11.1. The fraction of sp³-hybridized carbons (Fsp3) is 0.917. The Balaban J connectivity index is 0.00000196. The molecule has 0 aromatic carbocycles. The lowest BCUT2D eigenvalue weighted by Gasteiger charge is -2.60. The van der Waals surface area contributed by atoms with E-state index in [1.54, 1.807) is 0 Å². The van der Waals surface area contributed by atoms with E-state index in [-0.39, 0.29) is 12.4 Å². The lowest BCUT2D eigenvalue weighted by atomic mass is 9.44. The van der Waals surface area contributed by atoms with E-state index in [0.29, 0.717) is 16.7 Å². The highest BCUT2D eigenvalue weighted by Gasteiger charge is 2.59. The van der Waals surface area contributed by atoms with Crippen LogP contribution in [0.25, 0.3) is 0 Å². The lowest BCUT2D eigenvalue weighted by Crippen LogP contribution is -2.53. The number of fused-ring (bicyclic) bond motifs is 5. The Morgan fingerprint density at radius 2 is 1.69 bits per heavy atom. The summed E-state index contributed by atoms with van der Waals surface area (Å²) in [5.74, 6) is 8.81. The molecule has 148 valence electrons. The van der Waals surface area contributed by atoms with Gasteiger partial charge in [0.1, 0.15) is 0 Å². The third kappa shape index (κ3) is 3.14. The summed E-state index contributed by atoms with van der Waals surface area (Å²) in [6.07, 6.45) is 16.0. The van der Waals surface area contributed by atoms with E-state index in [0.717, 1.165) is 36.0 Å². The zero-order valence-electron chi connectivity index (χ0n) is 17.0. The molecule has 4 saturated carbocycles. The number of rotatable bonds is 2. The first kappa shape index (κ1) is 20.9. The molecular formula is C24H38Cl2. The molecule has 0 radical (unpaired) electrons. The number of hydrogen-bond donors (Lipinski definition) is 0. The summed E-state index contributed by atoms with van der Waals surface area (Å²) in [5, 5.41) is 2.61. The van der Waals surface area contributed by atoms with Crippen LogP contribution < -0.4 is 0 Å². The van der Waals surface area contributed by atoms with Crippen molar-refractivity contribution in [3.05, 3.63) is 0 Å². The lowest BCUT2D eigenvalue weighted by molar-refractivity contribution is -0.114.